The van der Waals surface area contributed by atoms with Crippen LogP contribution < -0.4 is 0 Å². The lowest BCUT2D eigenvalue weighted by molar-refractivity contribution is -0.160. The highest BCUT2D eigenvalue weighted by atomic mass is 16.6. The number of hydrogen-bond acceptors (Lipinski definition) is 5. The maximum absolute atomic E-state index is 12.3. The molecule has 2 aromatic rings. The number of carbonyl (C=O) groups is 1. The van der Waals surface area contributed by atoms with Gasteiger partial charge in [-0.3, -0.25) is 4.98 Å². The molecule has 1 aromatic carbocycles. The third-order valence-corrected chi connectivity index (χ3v) is 6.89. The van der Waals surface area contributed by atoms with Crippen LogP contribution in [-0.2, 0) is 9.53 Å². The van der Waals surface area contributed by atoms with Crippen molar-refractivity contribution in [1.82, 2.24) is 4.98 Å². The Balaban J connectivity index is 1.60. The second kappa shape index (κ2) is 7.70. The minimum absolute atomic E-state index is 0.0148. The number of aliphatic hydroxyl groups is 1. The van der Waals surface area contributed by atoms with Gasteiger partial charge in [0.15, 0.2) is 5.60 Å². The van der Waals surface area contributed by atoms with Crippen molar-refractivity contribution in [3.05, 3.63) is 59.9 Å². The molecule has 1 aliphatic heterocycles. The number of nitrogens with zero attached hydrogens (tertiary/aromatic N) is 2. The summed E-state index contributed by atoms with van der Waals surface area (Å²) < 4.78 is 5.41. The van der Waals surface area contributed by atoms with E-state index in [0.29, 0.717) is 17.9 Å². The number of hydrogen-bond donors (Lipinski definition) is 1. The third-order valence-electron chi connectivity index (χ3n) is 6.89. The number of rotatable bonds is 3. The summed E-state index contributed by atoms with van der Waals surface area (Å²) in [6.45, 7) is 6.11. The maximum atomic E-state index is 12.3. The van der Waals surface area contributed by atoms with Crippen molar-refractivity contribution in [2.45, 2.75) is 38.9 Å². The van der Waals surface area contributed by atoms with E-state index in [1.807, 2.05) is 43.3 Å². The Hall–Kier alpha value is -2.97. The van der Waals surface area contributed by atoms with Gasteiger partial charge in [0.2, 0.25) is 0 Å². The van der Waals surface area contributed by atoms with Crippen LogP contribution in [0, 0.1) is 35.0 Å². The molecule has 2 heterocycles. The van der Waals surface area contributed by atoms with Crippen LogP contribution in [0.25, 0.3) is 17.2 Å². The molecule has 5 heteroatoms. The molecule has 0 amide bonds. The molecule has 1 saturated heterocycles. The van der Waals surface area contributed by atoms with Gasteiger partial charge in [-0.25, -0.2) is 4.79 Å². The molecular weight excluding hydrogens is 376 g/mol. The molecule has 0 spiro atoms. The number of fused-ring (bicyclic) bond motifs is 1. The largest absolute Gasteiger partial charge is 0.460 e. The minimum Gasteiger partial charge on any atom is -0.460 e. The Morgan fingerprint density at radius 1 is 1.23 bits per heavy atom. The first-order chi connectivity index (χ1) is 14.3. The van der Waals surface area contributed by atoms with Crippen LogP contribution in [0.3, 0.4) is 0 Å². The molecule has 1 saturated carbocycles. The van der Waals surface area contributed by atoms with E-state index in [1.54, 1.807) is 12.3 Å². The Bertz CT molecular complexity index is 1020. The van der Waals surface area contributed by atoms with Crippen molar-refractivity contribution < 1.29 is 14.6 Å². The van der Waals surface area contributed by atoms with Gasteiger partial charge in [-0.2, -0.15) is 5.26 Å². The van der Waals surface area contributed by atoms with Crippen LogP contribution in [0.5, 0.6) is 0 Å². The number of ether oxygens (including phenoxy) is 1. The first-order valence-corrected chi connectivity index (χ1v) is 10.4. The zero-order valence-corrected chi connectivity index (χ0v) is 17.4. The Labute approximate surface area is 177 Å². The van der Waals surface area contributed by atoms with E-state index < -0.39 is 11.6 Å². The Morgan fingerprint density at radius 3 is 2.70 bits per heavy atom. The summed E-state index contributed by atoms with van der Waals surface area (Å²) in [7, 11) is 0. The molecule has 30 heavy (non-hydrogen) atoms. The summed E-state index contributed by atoms with van der Waals surface area (Å²) >= 11 is 0. The Kier molecular flexibility index (Phi) is 5.21. The van der Waals surface area contributed by atoms with Crippen LogP contribution >= 0.6 is 0 Å². The van der Waals surface area contributed by atoms with E-state index in [9.17, 15) is 15.2 Å². The van der Waals surface area contributed by atoms with Crippen molar-refractivity contribution in [3.8, 4) is 17.2 Å². The Morgan fingerprint density at radius 2 is 2.00 bits per heavy atom. The average Bonchev–Trinajstić information content (AvgIpc) is 2.97. The molecule has 0 bridgehead atoms. The molecule has 2 fully saturated rings. The number of benzene rings is 1. The number of aromatic nitrogens is 1. The van der Waals surface area contributed by atoms with Gasteiger partial charge in [-0.1, -0.05) is 44.2 Å². The molecule has 2 aliphatic rings. The predicted molar refractivity (Wildman–Crippen MR) is 114 cm³/mol. The van der Waals surface area contributed by atoms with E-state index in [2.05, 4.69) is 31.0 Å². The van der Waals surface area contributed by atoms with Gasteiger partial charge in [-0.05, 0) is 49.3 Å². The lowest BCUT2D eigenvalue weighted by Gasteiger charge is -2.44. The molecule has 5 nitrogen and oxygen atoms in total. The maximum Gasteiger partial charge on any atom is 0.338 e. The van der Waals surface area contributed by atoms with Crippen LogP contribution in [0.2, 0.25) is 0 Å². The molecular formula is C25H26N2O3. The standard InChI is InChI=1S/C25H26N2O3/c1-15-12-25(29)23(17(3)30-24(25)28)21(16(15)2)11-10-20-9-8-19(14-27-20)22-7-5-4-6-18(22)13-26/h4-11,14-17,21,23,29H,12H2,1-3H3/b11-10+/t15-,16?,17+,21-,23-,25-/m0/s1. The average molecular weight is 402 g/mol. The van der Waals surface area contributed by atoms with Gasteiger partial charge in [0.05, 0.1) is 17.3 Å². The van der Waals surface area contributed by atoms with Crippen LogP contribution in [0.15, 0.2) is 48.7 Å². The second-order valence-electron chi connectivity index (χ2n) is 8.67. The number of nitriles is 1. The quantitative estimate of drug-likeness (QED) is 0.777. The third kappa shape index (κ3) is 3.32. The zero-order chi connectivity index (χ0) is 21.5. The summed E-state index contributed by atoms with van der Waals surface area (Å²) in [4.78, 5) is 16.8. The van der Waals surface area contributed by atoms with Gasteiger partial charge < -0.3 is 9.84 Å². The molecule has 1 unspecified atom stereocenters. The van der Waals surface area contributed by atoms with Gasteiger partial charge in [0.25, 0.3) is 0 Å². The zero-order valence-electron chi connectivity index (χ0n) is 17.4. The monoisotopic (exact) mass is 402 g/mol. The van der Waals surface area contributed by atoms with Crippen molar-refractivity contribution in [1.29, 1.82) is 5.26 Å². The highest BCUT2D eigenvalue weighted by Gasteiger charge is 2.61. The van der Waals surface area contributed by atoms with Gasteiger partial charge in [0, 0.05) is 23.2 Å². The van der Waals surface area contributed by atoms with E-state index in [0.717, 1.165) is 16.8 Å². The summed E-state index contributed by atoms with van der Waals surface area (Å²) in [5.74, 6) is -0.215. The van der Waals surface area contributed by atoms with Crippen LogP contribution in [0.4, 0.5) is 0 Å². The van der Waals surface area contributed by atoms with Crippen molar-refractivity contribution in [3.63, 3.8) is 0 Å². The highest BCUT2D eigenvalue weighted by Crippen LogP contribution is 2.51. The fourth-order valence-electron chi connectivity index (χ4n) is 5.10. The molecule has 6 atom stereocenters. The predicted octanol–water partition coefficient (Wildman–Crippen LogP) is 4.22. The first-order valence-electron chi connectivity index (χ1n) is 10.4. The molecule has 154 valence electrons. The van der Waals surface area contributed by atoms with E-state index in [1.165, 1.54) is 0 Å². The van der Waals surface area contributed by atoms with E-state index in [4.69, 9.17) is 4.74 Å². The van der Waals surface area contributed by atoms with Crippen molar-refractivity contribution >= 4 is 12.0 Å². The van der Waals surface area contributed by atoms with E-state index >= 15 is 0 Å². The number of pyridine rings is 1. The lowest BCUT2D eigenvalue weighted by atomic mass is 9.60. The van der Waals surface area contributed by atoms with Crippen molar-refractivity contribution in [2.75, 3.05) is 0 Å². The summed E-state index contributed by atoms with van der Waals surface area (Å²) in [5.41, 5.74) is 1.75. The number of allylic oxidation sites excluding steroid dienone is 1. The smallest absolute Gasteiger partial charge is 0.338 e. The van der Waals surface area contributed by atoms with Gasteiger partial charge >= 0.3 is 5.97 Å². The van der Waals surface area contributed by atoms with E-state index in [-0.39, 0.29) is 23.9 Å². The van der Waals surface area contributed by atoms with Crippen LogP contribution in [-0.4, -0.2) is 27.8 Å². The fraction of sp³-hybridized carbons (Fsp3) is 0.400. The normalized spacial score (nSPS) is 33.2. The topological polar surface area (TPSA) is 83.2 Å². The molecule has 1 N–H and O–H groups in total. The van der Waals surface area contributed by atoms with Gasteiger partial charge in [-0.15, -0.1) is 0 Å². The lowest BCUT2D eigenvalue weighted by Crippen LogP contribution is -2.52. The SMILES string of the molecule is CC1[C@@H](C)C[C@@]2(O)C(=O)O[C@H](C)[C@H]2[C@H]1/C=C/c1ccc(-c2ccccc2C#N)cn1. The molecule has 0 radical (unpaired) electrons. The fourth-order valence-corrected chi connectivity index (χ4v) is 5.10. The molecule has 1 aromatic heterocycles. The summed E-state index contributed by atoms with van der Waals surface area (Å²) in [5, 5.41) is 20.4. The van der Waals surface area contributed by atoms with Crippen molar-refractivity contribution in [2.24, 2.45) is 23.7 Å². The first kappa shape index (κ1) is 20.3. The summed E-state index contributed by atoms with van der Waals surface area (Å²) in [6.07, 6.45) is 5.92. The highest BCUT2D eigenvalue weighted by molar-refractivity contribution is 5.82. The second-order valence-corrected chi connectivity index (χ2v) is 8.67. The van der Waals surface area contributed by atoms with Crippen LogP contribution in [0.1, 0.15) is 38.4 Å². The molecule has 1 aliphatic carbocycles. The number of cyclic esters (lactones) is 1. The number of esters is 1. The minimum atomic E-state index is -1.40. The number of carbonyl (C=O) groups excluding carboxylic acids is 1. The molecule has 4 rings (SSSR count). The van der Waals surface area contributed by atoms with Gasteiger partial charge in [0.1, 0.15) is 6.10 Å². The summed E-state index contributed by atoms with van der Waals surface area (Å²) in [6, 6.07) is 13.5.